The molecule has 5 nitrogen and oxygen atoms in total. The SMILES string of the molecule is Cc1cc(NC(=O)C2CC(=O)N(CC3CCCO3)C2)ccc1Br. The monoisotopic (exact) mass is 380 g/mol. The van der Waals surface area contributed by atoms with Crippen molar-refractivity contribution in [3.05, 3.63) is 28.2 Å². The van der Waals surface area contributed by atoms with E-state index in [1.807, 2.05) is 25.1 Å². The summed E-state index contributed by atoms with van der Waals surface area (Å²) in [4.78, 5) is 26.3. The van der Waals surface area contributed by atoms with Gasteiger partial charge in [0.05, 0.1) is 12.0 Å². The van der Waals surface area contributed by atoms with Crippen molar-refractivity contribution in [1.29, 1.82) is 0 Å². The van der Waals surface area contributed by atoms with Gasteiger partial charge < -0.3 is 15.0 Å². The molecule has 124 valence electrons. The lowest BCUT2D eigenvalue weighted by Gasteiger charge is -2.20. The van der Waals surface area contributed by atoms with E-state index < -0.39 is 0 Å². The van der Waals surface area contributed by atoms with Crippen molar-refractivity contribution < 1.29 is 14.3 Å². The third-order valence-corrected chi connectivity index (χ3v) is 5.35. The second kappa shape index (κ2) is 7.01. The molecule has 3 rings (SSSR count). The van der Waals surface area contributed by atoms with Gasteiger partial charge in [0.2, 0.25) is 11.8 Å². The standard InChI is InChI=1S/C17H21BrN2O3/c1-11-7-13(4-5-15(11)18)19-17(22)12-8-16(21)20(9-12)10-14-3-2-6-23-14/h4-5,7,12,14H,2-3,6,8-10H2,1H3,(H,19,22). The van der Waals surface area contributed by atoms with Crippen molar-refractivity contribution in [2.75, 3.05) is 25.0 Å². The van der Waals surface area contributed by atoms with Gasteiger partial charge >= 0.3 is 0 Å². The number of hydrogen-bond donors (Lipinski definition) is 1. The first-order valence-electron chi connectivity index (χ1n) is 7.99. The predicted molar refractivity (Wildman–Crippen MR) is 91.2 cm³/mol. The van der Waals surface area contributed by atoms with Crippen LogP contribution < -0.4 is 5.32 Å². The number of halogens is 1. The minimum absolute atomic E-state index is 0.0487. The lowest BCUT2D eigenvalue weighted by molar-refractivity contribution is -0.129. The van der Waals surface area contributed by atoms with Crippen molar-refractivity contribution in [3.8, 4) is 0 Å². The number of likely N-dealkylation sites (tertiary alicyclic amines) is 1. The van der Waals surface area contributed by atoms with E-state index >= 15 is 0 Å². The van der Waals surface area contributed by atoms with Crippen LogP contribution in [0.1, 0.15) is 24.8 Å². The Morgan fingerprint density at radius 3 is 3.00 bits per heavy atom. The number of nitrogens with one attached hydrogen (secondary N) is 1. The summed E-state index contributed by atoms with van der Waals surface area (Å²) < 4.78 is 6.59. The van der Waals surface area contributed by atoms with Gasteiger partial charge in [-0.3, -0.25) is 9.59 Å². The normalized spacial score (nSPS) is 24.3. The topological polar surface area (TPSA) is 58.6 Å². The average Bonchev–Trinajstić information content (AvgIpc) is 3.14. The van der Waals surface area contributed by atoms with Gasteiger partial charge in [0.1, 0.15) is 0 Å². The lowest BCUT2D eigenvalue weighted by atomic mass is 10.1. The van der Waals surface area contributed by atoms with Crippen LogP contribution in [-0.4, -0.2) is 42.5 Å². The zero-order valence-corrected chi connectivity index (χ0v) is 14.8. The van der Waals surface area contributed by atoms with Crippen LogP contribution in [-0.2, 0) is 14.3 Å². The molecule has 0 bridgehead atoms. The molecule has 0 aromatic heterocycles. The second-order valence-electron chi connectivity index (χ2n) is 6.29. The number of ether oxygens (including phenoxy) is 1. The third-order valence-electron chi connectivity index (χ3n) is 4.46. The zero-order chi connectivity index (χ0) is 16.4. The van der Waals surface area contributed by atoms with Gasteiger partial charge in [-0.1, -0.05) is 15.9 Å². The Hall–Kier alpha value is -1.40. The van der Waals surface area contributed by atoms with E-state index in [4.69, 9.17) is 4.74 Å². The van der Waals surface area contributed by atoms with Gasteiger partial charge in [-0.05, 0) is 43.5 Å². The number of carbonyl (C=O) groups is 2. The predicted octanol–water partition coefficient (Wildman–Crippen LogP) is 2.72. The molecule has 1 aromatic carbocycles. The molecule has 2 unspecified atom stereocenters. The van der Waals surface area contributed by atoms with Gasteiger partial charge in [0, 0.05) is 36.3 Å². The Bertz CT molecular complexity index is 614. The van der Waals surface area contributed by atoms with Crippen LogP contribution in [0, 0.1) is 12.8 Å². The van der Waals surface area contributed by atoms with Crippen LogP contribution in [0.4, 0.5) is 5.69 Å². The molecule has 0 aliphatic carbocycles. The molecule has 2 atom stereocenters. The number of carbonyl (C=O) groups excluding carboxylic acids is 2. The Morgan fingerprint density at radius 1 is 1.48 bits per heavy atom. The van der Waals surface area contributed by atoms with Crippen molar-refractivity contribution >= 4 is 33.4 Å². The number of nitrogens with zero attached hydrogens (tertiary/aromatic N) is 1. The molecule has 23 heavy (non-hydrogen) atoms. The third kappa shape index (κ3) is 3.93. The minimum Gasteiger partial charge on any atom is -0.376 e. The number of rotatable bonds is 4. The fraction of sp³-hybridized carbons (Fsp3) is 0.529. The molecule has 2 aliphatic heterocycles. The van der Waals surface area contributed by atoms with Crippen LogP contribution in [0.15, 0.2) is 22.7 Å². The molecular weight excluding hydrogens is 360 g/mol. The van der Waals surface area contributed by atoms with E-state index in [0.29, 0.717) is 13.1 Å². The average molecular weight is 381 g/mol. The Morgan fingerprint density at radius 2 is 2.30 bits per heavy atom. The van der Waals surface area contributed by atoms with Gasteiger partial charge in [-0.15, -0.1) is 0 Å². The molecule has 1 N–H and O–H groups in total. The lowest BCUT2D eigenvalue weighted by Crippen LogP contribution is -2.34. The van der Waals surface area contributed by atoms with E-state index in [9.17, 15) is 9.59 Å². The quantitative estimate of drug-likeness (QED) is 0.873. The van der Waals surface area contributed by atoms with E-state index in [1.165, 1.54) is 0 Å². The number of benzene rings is 1. The fourth-order valence-electron chi connectivity index (χ4n) is 3.13. The summed E-state index contributed by atoms with van der Waals surface area (Å²) in [6, 6.07) is 5.69. The van der Waals surface area contributed by atoms with E-state index in [0.717, 1.165) is 35.2 Å². The highest BCUT2D eigenvalue weighted by atomic mass is 79.9. The van der Waals surface area contributed by atoms with Crippen molar-refractivity contribution in [2.45, 2.75) is 32.3 Å². The maximum atomic E-state index is 12.4. The van der Waals surface area contributed by atoms with Crippen molar-refractivity contribution in [3.63, 3.8) is 0 Å². The summed E-state index contributed by atoms with van der Waals surface area (Å²) in [5.74, 6) is -0.324. The molecule has 2 heterocycles. The molecular formula is C17H21BrN2O3. The van der Waals surface area contributed by atoms with Crippen LogP contribution in [0.25, 0.3) is 0 Å². The molecule has 0 spiro atoms. The van der Waals surface area contributed by atoms with Crippen LogP contribution >= 0.6 is 15.9 Å². The van der Waals surface area contributed by atoms with E-state index in [-0.39, 0.29) is 30.3 Å². The maximum absolute atomic E-state index is 12.4. The molecule has 6 heteroatoms. The highest BCUT2D eigenvalue weighted by molar-refractivity contribution is 9.10. The summed E-state index contributed by atoms with van der Waals surface area (Å²) in [6.45, 7) is 3.85. The minimum atomic E-state index is -0.284. The summed E-state index contributed by atoms with van der Waals surface area (Å²) in [6.07, 6.45) is 2.47. The fourth-order valence-corrected chi connectivity index (χ4v) is 3.37. The van der Waals surface area contributed by atoms with Crippen LogP contribution in [0.2, 0.25) is 0 Å². The number of amides is 2. The van der Waals surface area contributed by atoms with Gasteiger partial charge in [-0.2, -0.15) is 0 Å². The van der Waals surface area contributed by atoms with Crippen molar-refractivity contribution in [1.82, 2.24) is 4.90 Å². The summed E-state index contributed by atoms with van der Waals surface area (Å²) in [5.41, 5.74) is 1.83. The first kappa shape index (κ1) is 16.5. The smallest absolute Gasteiger partial charge is 0.229 e. The zero-order valence-electron chi connectivity index (χ0n) is 13.2. The number of hydrogen-bond acceptors (Lipinski definition) is 3. The Balaban J connectivity index is 1.57. The molecule has 2 aliphatic rings. The largest absolute Gasteiger partial charge is 0.376 e. The second-order valence-corrected chi connectivity index (χ2v) is 7.14. The first-order valence-corrected chi connectivity index (χ1v) is 8.78. The Kier molecular flexibility index (Phi) is 5.02. The number of anilines is 1. The Labute approximate surface area is 144 Å². The highest BCUT2D eigenvalue weighted by Gasteiger charge is 2.35. The first-order chi connectivity index (χ1) is 11.0. The molecule has 1 aromatic rings. The molecule has 0 saturated carbocycles. The number of aryl methyl sites for hydroxylation is 1. The van der Waals surface area contributed by atoms with Crippen molar-refractivity contribution in [2.24, 2.45) is 5.92 Å². The molecule has 2 fully saturated rings. The van der Waals surface area contributed by atoms with E-state index in [2.05, 4.69) is 21.2 Å². The van der Waals surface area contributed by atoms with Gasteiger partial charge in [0.25, 0.3) is 0 Å². The summed E-state index contributed by atoms with van der Waals surface area (Å²) in [7, 11) is 0. The van der Waals surface area contributed by atoms with Gasteiger partial charge in [0.15, 0.2) is 0 Å². The molecule has 2 amide bonds. The summed E-state index contributed by atoms with van der Waals surface area (Å²) in [5, 5.41) is 2.92. The maximum Gasteiger partial charge on any atom is 0.229 e. The molecule has 2 saturated heterocycles. The highest BCUT2D eigenvalue weighted by Crippen LogP contribution is 2.24. The summed E-state index contributed by atoms with van der Waals surface area (Å²) >= 11 is 3.44. The van der Waals surface area contributed by atoms with Gasteiger partial charge in [-0.25, -0.2) is 0 Å². The molecule has 0 radical (unpaired) electrons. The van der Waals surface area contributed by atoms with Crippen LogP contribution in [0.5, 0.6) is 0 Å². The van der Waals surface area contributed by atoms with E-state index in [1.54, 1.807) is 4.90 Å². The van der Waals surface area contributed by atoms with Crippen LogP contribution in [0.3, 0.4) is 0 Å².